The van der Waals surface area contributed by atoms with Gasteiger partial charge in [0, 0.05) is 28.4 Å². The molecule has 0 bridgehead atoms. The van der Waals surface area contributed by atoms with Crippen molar-refractivity contribution in [2.24, 2.45) is 0 Å². The van der Waals surface area contributed by atoms with Gasteiger partial charge in [0.15, 0.2) is 17.3 Å². The predicted octanol–water partition coefficient (Wildman–Crippen LogP) is 4.00. The van der Waals surface area contributed by atoms with E-state index < -0.39 is 28.5 Å². The summed E-state index contributed by atoms with van der Waals surface area (Å²) in [6, 6.07) is 7.34. The Morgan fingerprint density at radius 2 is 1.80 bits per heavy atom. The molecule has 1 heterocycles. The summed E-state index contributed by atoms with van der Waals surface area (Å²) in [5.74, 6) is -1.84. The minimum atomic E-state index is -1.54. The summed E-state index contributed by atoms with van der Waals surface area (Å²) >= 11 is 3.36. The van der Waals surface area contributed by atoms with E-state index >= 15 is 0 Å². The first-order valence-electron chi connectivity index (χ1n) is 10.9. The number of phenolic OH excluding ortho intramolecular Hbond substituents is 2. The molecule has 0 radical (unpaired) electrons. The summed E-state index contributed by atoms with van der Waals surface area (Å²) in [7, 11) is 0. The third-order valence-corrected chi connectivity index (χ3v) is 6.86. The van der Waals surface area contributed by atoms with Crippen molar-refractivity contribution in [1.29, 1.82) is 0 Å². The molecular weight excluding hydrogens is 518 g/mol. The molecule has 1 atom stereocenters. The number of Topliss-reactive ketones (excluding diaryl/α,β-unsaturated/α-hetero) is 2. The van der Waals surface area contributed by atoms with Crippen LogP contribution in [0.5, 0.6) is 23.0 Å². The van der Waals surface area contributed by atoms with Crippen LogP contribution in [0.4, 0.5) is 0 Å². The number of carbonyl (C=O) groups is 3. The van der Waals surface area contributed by atoms with Gasteiger partial charge in [-0.05, 0) is 52.0 Å². The number of carbonyl (C=O) groups excluding carboxylic acids is 3. The second-order valence-electron chi connectivity index (χ2n) is 8.62. The van der Waals surface area contributed by atoms with E-state index in [-0.39, 0.29) is 39.5 Å². The molecule has 0 spiro atoms. The Bertz CT molecular complexity index is 1340. The zero-order chi connectivity index (χ0) is 25.7. The lowest BCUT2D eigenvalue weighted by Crippen LogP contribution is -2.41. The van der Waals surface area contributed by atoms with Crippen LogP contribution >= 0.6 is 15.9 Å². The third kappa shape index (κ3) is 3.89. The van der Waals surface area contributed by atoms with Crippen LogP contribution in [-0.2, 0) is 15.0 Å². The molecule has 0 saturated heterocycles. The highest BCUT2D eigenvalue weighted by atomic mass is 79.9. The van der Waals surface area contributed by atoms with E-state index in [0.717, 1.165) is 4.47 Å². The second-order valence-corrected chi connectivity index (χ2v) is 9.53. The van der Waals surface area contributed by atoms with Gasteiger partial charge in [-0.15, -0.1) is 0 Å². The quantitative estimate of drug-likeness (QED) is 0.217. The van der Waals surface area contributed by atoms with E-state index in [2.05, 4.69) is 21.2 Å². The molecule has 8 nitrogen and oxygen atoms in total. The molecular formula is C26H24BrNO7. The first-order valence-corrected chi connectivity index (χ1v) is 11.7. The van der Waals surface area contributed by atoms with Gasteiger partial charge in [0.2, 0.25) is 0 Å². The van der Waals surface area contributed by atoms with E-state index in [0.29, 0.717) is 24.6 Å². The molecule has 0 fully saturated rings. The van der Waals surface area contributed by atoms with Gasteiger partial charge in [-0.25, -0.2) is 0 Å². The Hall–Kier alpha value is -3.59. The Labute approximate surface area is 210 Å². The molecule has 2 aromatic rings. The van der Waals surface area contributed by atoms with Gasteiger partial charge < -0.3 is 25.0 Å². The Morgan fingerprint density at radius 1 is 1.14 bits per heavy atom. The Morgan fingerprint density at radius 3 is 2.43 bits per heavy atom. The number of nitrogens with one attached hydrogen (secondary N) is 1. The number of hydrogen-bond acceptors (Lipinski definition) is 8. The van der Waals surface area contributed by atoms with Gasteiger partial charge in [0.1, 0.15) is 46.3 Å². The molecule has 3 N–H and O–H groups in total. The number of ether oxygens (including phenoxy) is 2. The van der Waals surface area contributed by atoms with E-state index in [9.17, 15) is 24.6 Å². The standard InChI is InChI=1S/C26H24BrNO7/c1-12-22(31)20(14(3)29)24-21(23(12)32)26(4)18(35-24)11-17(30)19(25(26)33)13(2)28-9-10-34-16-7-5-15(27)6-8-16/h5-8,11,28,31-32H,9-10H2,1-4H3. The summed E-state index contributed by atoms with van der Waals surface area (Å²) in [5.41, 5.74) is -1.29. The van der Waals surface area contributed by atoms with Crippen molar-refractivity contribution < 1.29 is 34.1 Å². The normalized spacial score (nSPS) is 20.0. The molecule has 1 aliphatic carbocycles. The van der Waals surface area contributed by atoms with E-state index in [4.69, 9.17) is 9.47 Å². The van der Waals surface area contributed by atoms with Gasteiger partial charge in [0.25, 0.3) is 0 Å². The molecule has 0 amide bonds. The average Bonchev–Trinajstić information content (AvgIpc) is 3.09. The number of benzene rings is 2. The number of halogens is 1. The summed E-state index contributed by atoms with van der Waals surface area (Å²) in [6.07, 6.45) is 1.19. The van der Waals surface area contributed by atoms with Crippen LogP contribution in [-0.4, -0.2) is 40.7 Å². The molecule has 1 unspecified atom stereocenters. The Kier molecular flexibility index (Phi) is 6.23. The van der Waals surface area contributed by atoms with Gasteiger partial charge in [-0.2, -0.15) is 0 Å². The zero-order valence-electron chi connectivity index (χ0n) is 19.6. The fraction of sp³-hybridized carbons (Fsp3) is 0.269. The first kappa shape index (κ1) is 24.5. The smallest absolute Gasteiger partial charge is 0.194 e. The highest BCUT2D eigenvalue weighted by Crippen LogP contribution is 2.57. The van der Waals surface area contributed by atoms with Crippen LogP contribution in [0.15, 0.2) is 51.8 Å². The Balaban J connectivity index is 1.66. The summed E-state index contributed by atoms with van der Waals surface area (Å²) in [5, 5.41) is 24.3. The fourth-order valence-electron chi connectivity index (χ4n) is 4.39. The predicted molar refractivity (Wildman–Crippen MR) is 131 cm³/mol. The lowest BCUT2D eigenvalue weighted by Gasteiger charge is -2.29. The summed E-state index contributed by atoms with van der Waals surface area (Å²) < 4.78 is 12.4. The molecule has 2 aliphatic rings. The molecule has 0 saturated carbocycles. The monoisotopic (exact) mass is 541 g/mol. The van der Waals surface area contributed by atoms with E-state index in [1.54, 1.807) is 6.92 Å². The van der Waals surface area contributed by atoms with Crippen molar-refractivity contribution in [3.05, 3.63) is 68.5 Å². The molecule has 9 heteroatoms. The number of fused-ring (bicyclic) bond motifs is 3. The number of hydrogen-bond donors (Lipinski definition) is 3. The topological polar surface area (TPSA) is 122 Å². The van der Waals surface area contributed by atoms with Crippen molar-refractivity contribution >= 4 is 33.3 Å². The maximum absolute atomic E-state index is 13.7. The molecule has 35 heavy (non-hydrogen) atoms. The van der Waals surface area contributed by atoms with Crippen LogP contribution in [0, 0.1) is 6.92 Å². The van der Waals surface area contributed by atoms with Crippen LogP contribution in [0.25, 0.3) is 0 Å². The largest absolute Gasteiger partial charge is 0.507 e. The highest BCUT2D eigenvalue weighted by Gasteiger charge is 2.56. The number of allylic oxidation sites excluding steroid dienone is 4. The maximum atomic E-state index is 13.7. The lowest BCUT2D eigenvalue weighted by molar-refractivity contribution is -0.123. The molecule has 0 aromatic heterocycles. The number of ketones is 3. The van der Waals surface area contributed by atoms with Gasteiger partial charge in [-0.1, -0.05) is 15.9 Å². The van der Waals surface area contributed by atoms with Crippen molar-refractivity contribution in [2.75, 3.05) is 13.2 Å². The number of rotatable bonds is 6. The first-order chi connectivity index (χ1) is 16.5. The molecule has 1 aliphatic heterocycles. The fourth-order valence-corrected chi connectivity index (χ4v) is 4.65. The summed E-state index contributed by atoms with van der Waals surface area (Å²) in [6.45, 7) is 6.46. The second kappa shape index (κ2) is 8.88. The molecule has 4 rings (SSSR count). The average molecular weight is 542 g/mol. The van der Waals surface area contributed by atoms with E-state index in [1.165, 1.54) is 26.8 Å². The van der Waals surface area contributed by atoms with Gasteiger partial charge in [-0.3, -0.25) is 14.4 Å². The maximum Gasteiger partial charge on any atom is 0.194 e. The van der Waals surface area contributed by atoms with Crippen LogP contribution in [0.3, 0.4) is 0 Å². The summed E-state index contributed by atoms with van der Waals surface area (Å²) in [4.78, 5) is 38.9. The lowest BCUT2D eigenvalue weighted by atomic mass is 9.70. The third-order valence-electron chi connectivity index (χ3n) is 6.33. The number of aromatic hydroxyl groups is 2. The minimum Gasteiger partial charge on any atom is -0.507 e. The highest BCUT2D eigenvalue weighted by molar-refractivity contribution is 9.10. The van der Waals surface area contributed by atoms with E-state index in [1.807, 2.05) is 24.3 Å². The minimum absolute atomic E-state index is 0.000390. The molecule has 2 aromatic carbocycles. The van der Waals surface area contributed by atoms with Crippen molar-refractivity contribution in [1.82, 2.24) is 5.32 Å². The molecule has 182 valence electrons. The van der Waals surface area contributed by atoms with Crippen molar-refractivity contribution in [3.63, 3.8) is 0 Å². The van der Waals surface area contributed by atoms with Gasteiger partial charge in [0.05, 0.1) is 11.1 Å². The van der Waals surface area contributed by atoms with Crippen LogP contribution in [0.2, 0.25) is 0 Å². The zero-order valence-corrected chi connectivity index (χ0v) is 21.2. The van der Waals surface area contributed by atoms with Gasteiger partial charge >= 0.3 is 0 Å². The number of phenols is 2. The van der Waals surface area contributed by atoms with Crippen LogP contribution < -0.4 is 14.8 Å². The van der Waals surface area contributed by atoms with Crippen molar-refractivity contribution in [2.45, 2.75) is 33.1 Å². The van der Waals surface area contributed by atoms with Crippen molar-refractivity contribution in [3.8, 4) is 23.0 Å². The van der Waals surface area contributed by atoms with Crippen LogP contribution in [0.1, 0.15) is 42.3 Å². The SMILES string of the molecule is CC(=O)c1c(O)c(C)c(O)c2c1OC1=CC(=O)C(=C(C)NCCOc3ccc(Br)cc3)C(=O)C12C.